The van der Waals surface area contributed by atoms with Crippen LogP contribution in [-0.2, 0) is 26.2 Å². The zero-order chi connectivity index (χ0) is 27.2. The van der Waals surface area contributed by atoms with Crippen LogP contribution in [0.4, 0.5) is 17.6 Å². The maximum absolute atomic E-state index is 16.9. The number of carbonyl (C=O) groups is 1. The van der Waals surface area contributed by atoms with Gasteiger partial charge in [0.1, 0.15) is 23.6 Å². The Morgan fingerprint density at radius 1 is 1.18 bits per heavy atom. The molecule has 3 aliphatic heterocycles. The summed E-state index contributed by atoms with van der Waals surface area (Å²) in [7, 11) is -2.72. The van der Waals surface area contributed by atoms with Crippen molar-refractivity contribution in [2.45, 2.75) is 55.6 Å². The van der Waals surface area contributed by atoms with Crippen LogP contribution in [0.2, 0.25) is 0 Å². The van der Waals surface area contributed by atoms with Gasteiger partial charge in [0, 0.05) is 36.6 Å². The fourth-order valence-corrected chi connectivity index (χ4v) is 7.95. The van der Waals surface area contributed by atoms with Crippen LogP contribution in [0.1, 0.15) is 25.3 Å². The molecule has 1 amide bonds. The third-order valence-corrected chi connectivity index (χ3v) is 10.5. The van der Waals surface area contributed by atoms with E-state index in [2.05, 4.69) is 4.72 Å². The Labute approximate surface area is 217 Å². The number of nitrogens with zero attached hydrogens (tertiary/aromatic N) is 2. The van der Waals surface area contributed by atoms with Gasteiger partial charge in [0.15, 0.2) is 5.67 Å². The lowest BCUT2D eigenvalue weighted by Crippen LogP contribution is -2.56. The second-order valence-corrected chi connectivity index (χ2v) is 12.7. The van der Waals surface area contributed by atoms with Crippen LogP contribution in [0.25, 0.3) is 11.1 Å². The maximum Gasteiger partial charge on any atom is 0.280 e. The van der Waals surface area contributed by atoms with Gasteiger partial charge in [0.2, 0.25) is 0 Å². The largest absolute Gasteiger partial charge is 0.368 e. The second kappa shape index (κ2) is 8.48. The van der Waals surface area contributed by atoms with Gasteiger partial charge < -0.3 is 9.64 Å². The third-order valence-electron chi connectivity index (χ3n) is 8.80. The number of hydrogen-bond acceptors (Lipinski definition) is 4. The van der Waals surface area contributed by atoms with E-state index in [4.69, 9.17) is 4.74 Å². The summed E-state index contributed by atoms with van der Waals surface area (Å²) in [6.07, 6.45) is -0.237. The summed E-state index contributed by atoms with van der Waals surface area (Å²) >= 11 is 0. The van der Waals surface area contributed by atoms with E-state index in [0.717, 1.165) is 16.4 Å². The Hall–Kier alpha value is -2.54. The topological polar surface area (TPSA) is 79.0 Å². The SMILES string of the molecule is CN1C2(C)CC2C2(F)CN(C(=O)[C@@H]3CCO3)[C@@H](Cc3cccc(-c4cc(F)cc(F)c4)c3F)[C@H]2NS1(=O)=O. The predicted molar refractivity (Wildman–Crippen MR) is 129 cm³/mol. The molecule has 0 radical (unpaired) electrons. The van der Waals surface area contributed by atoms with Crippen molar-refractivity contribution >= 4 is 16.1 Å². The fraction of sp³-hybridized carbons (Fsp3) is 0.500. The van der Waals surface area contributed by atoms with Crippen molar-refractivity contribution in [3.63, 3.8) is 0 Å². The summed E-state index contributed by atoms with van der Waals surface area (Å²) in [5, 5.41) is 0. The summed E-state index contributed by atoms with van der Waals surface area (Å²) in [6.45, 7) is 1.71. The van der Waals surface area contributed by atoms with Gasteiger partial charge in [-0.2, -0.15) is 17.4 Å². The summed E-state index contributed by atoms with van der Waals surface area (Å²) in [4.78, 5) is 14.6. The Balaban J connectivity index is 1.42. The second-order valence-electron chi connectivity index (χ2n) is 10.9. The van der Waals surface area contributed by atoms with E-state index in [0.29, 0.717) is 25.5 Å². The molecule has 3 unspecified atom stereocenters. The quantitative estimate of drug-likeness (QED) is 0.591. The molecule has 3 saturated heterocycles. The van der Waals surface area contributed by atoms with E-state index in [1.54, 1.807) is 6.92 Å². The molecule has 0 spiro atoms. The summed E-state index contributed by atoms with van der Waals surface area (Å²) in [6, 6.07) is 4.59. The molecule has 2 aromatic carbocycles. The summed E-state index contributed by atoms with van der Waals surface area (Å²) < 4.78 is 95.7. The van der Waals surface area contributed by atoms with Gasteiger partial charge in [-0.3, -0.25) is 4.79 Å². The van der Waals surface area contributed by atoms with Gasteiger partial charge in [0.25, 0.3) is 16.1 Å². The molecule has 0 bridgehead atoms. The van der Waals surface area contributed by atoms with Crippen LogP contribution in [0.15, 0.2) is 36.4 Å². The van der Waals surface area contributed by atoms with Crippen molar-refractivity contribution in [2.24, 2.45) is 5.92 Å². The number of nitrogens with one attached hydrogen (secondary N) is 1. The smallest absolute Gasteiger partial charge is 0.280 e. The van der Waals surface area contributed by atoms with Gasteiger partial charge in [-0.05, 0) is 43.0 Å². The lowest BCUT2D eigenvalue weighted by molar-refractivity contribution is -0.157. The Morgan fingerprint density at radius 3 is 2.50 bits per heavy atom. The number of hydrogen-bond donors (Lipinski definition) is 1. The first kappa shape index (κ1) is 25.7. The Morgan fingerprint density at radius 2 is 1.87 bits per heavy atom. The molecule has 6 rings (SSSR count). The van der Waals surface area contributed by atoms with E-state index in [1.807, 2.05) is 0 Å². The number of halogens is 4. The van der Waals surface area contributed by atoms with Crippen LogP contribution in [0.3, 0.4) is 0 Å². The molecule has 1 saturated carbocycles. The van der Waals surface area contributed by atoms with Crippen LogP contribution in [0.5, 0.6) is 0 Å². The van der Waals surface area contributed by atoms with Gasteiger partial charge in [-0.1, -0.05) is 18.2 Å². The highest BCUT2D eigenvalue weighted by atomic mass is 32.2. The molecule has 1 aliphatic carbocycles. The highest BCUT2D eigenvalue weighted by Crippen LogP contribution is 2.61. The first-order valence-electron chi connectivity index (χ1n) is 12.5. The van der Waals surface area contributed by atoms with Crippen LogP contribution < -0.4 is 4.72 Å². The van der Waals surface area contributed by atoms with Crippen molar-refractivity contribution < 1.29 is 35.5 Å². The van der Waals surface area contributed by atoms with Crippen LogP contribution >= 0.6 is 0 Å². The third kappa shape index (κ3) is 3.79. The van der Waals surface area contributed by atoms with E-state index in [1.165, 1.54) is 30.1 Å². The number of fused-ring (bicyclic) bond motifs is 3. The van der Waals surface area contributed by atoms with Crippen molar-refractivity contribution in [3.8, 4) is 11.1 Å². The molecular weight excluding hydrogens is 526 g/mol. The molecule has 204 valence electrons. The van der Waals surface area contributed by atoms with E-state index < -0.39 is 68.9 Å². The summed E-state index contributed by atoms with van der Waals surface area (Å²) in [5.74, 6) is -3.66. The molecular formula is C26H27F4N3O4S. The highest BCUT2D eigenvalue weighted by molar-refractivity contribution is 7.87. The Bertz CT molecular complexity index is 1420. The standard InChI is InChI=1S/C26H27F4N3O4S/c1-25-12-21(25)26(30)13-33(24(34)20-6-7-37-20)19(23(26)31-38(35,36)32(25)2)10-14-4-3-5-18(22(14)29)15-8-16(27)11-17(28)9-15/h3-5,8-9,11,19-21,23,31H,6-7,10,12-13H2,1-2H3/t19-,20-,21?,23+,25?,26?/m0/s1. The number of amides is 1. The molecule has 12 heteroatoms. The molecule has 6 atom stereocenters. The number of alkyl halides is 1. The molecule has 0 aromatic heterocycles. The molecule has 38 heavy (non-hydrogen) atoms. The maximum atomic E-state index is 16.9. The summed E-state index contributed by atoms with van der Waals surface area (Å²) in [5.41, 5.74) is -3.06. The minimum absolute atomic E-state index is 0.0190. The first-order chi connectivity index (χ1) is 17.8. The van der Waals surface area contributed by atoms with Gasteiger partial charge in [-0.15, -0.1) is 0 Å². The van der Waals surface area contributed by atoms with Gasteiger partial charge in [-0.25, -0.2) is 17.6 Å². The molecule has 4 aliphatic rings. The van der Waals surface area contributed by atoms with E-state index >= 15 is 8.78 Å². The predicted octanol–water partition coefficient (Wildman–Crippen LogP) is 2.95. The van der Waals surface area contributed by atoms with Crippen LogP contribution in [0, 0.1) is 23.4 Å². The minimum Gasteiger partial charge on any atom is -0.368 e. The number of ether oxygens (including phenoxy) is 1. The van der Waals surface area contributed by atoms with E-state index in [9.17, 15) is 22.0 Å². The molecule has 2 aromatic rings. The lowest BCUT2D eigenvalue weighted by atomic mass is 9.86. The molecule has 7 nitrogen and oxygen atoms in total. The zero-order valence-corrected chi connectivity index (χ0v) is 21.6. The normalized spacial score (nSPS) is 35.7. The number of likely N-dealkylation sites (tertiary alicyclic amines) is 1. The molecule has 3 heterocycles. The Kier molecular flexibility index (Phi) is 5.74. The van der Waals surface area contributed by atoms with Crippen molar-refractivity contribution in [1.82, 2.24) is 13.9 Å². The monoisotopic (exact) mass is 553 g/mol. The van der Waals surface area contributed by atoms with E-state index in [-0.39, 0.29) is 29.7 Å². The average Bonchev–Trinajstić information content (AvgIpc) is 3.45. The average molecular weight is 554 g/mol. The van der Waals surface area contributed by atoms with Crippen molar-refractivity contribution in [1.29, 1.82) is 0 Å². The highest BCUT2D eigenvalue weighted by Gasteiger charge is 2.74. The van der Waals surface area contributed by atoms with Crippen LogP contribution in [-0.4, -0.2) is 73.1 Å². The van der Waals surface area contributed by atoms with Crippen molar-refractivity contribution in [2.75, 3.05) is 20.2 Å². The van der Waals surface area contributed by atoms with Crippen molar-refractivity contribution in [3.05, 3.63) is 59.4 Å². The number of benzene rings is 2. The minimum atomic E-state index is -4.12. The number of rotatable bonds is 4. The first-order valence-corrected chi connectivity index (χ1v) is 13.9. The molecule has 1 N–H and O–H groups in total. The van der Waals surface area contributed by atoms with Gasteiger partial charge >= 0.3 is 0 Å². The van der Waals surface area contributed by atoms with Gasteiger partial charge in [0.05, 0.1) is 25.2 Å². The lowest BCUT2D eigenvalue weighted by Gasteiger charge is -2.34. The fourth-order valence-electron chi connectivity index (χ4n) is 6.36. The zero-order valence-electron chi connectivity index (χ0n) is 20.8. The molecule has 4 fully saturated rings. The number of carbonyl (C=O) groups excluding carboxylic acids is 1.